The Morgan fingerprint density at radius 2 is 1.69 bits per heavy atom. The molecule has 0 amide bonds. The molecular formula is C23H25NS2. The molecule has 0 N–H and O–H groups in total. The van der Waals surface area contributed by atoms with Gasteiger partial charge in [-0.1, -0.05) is 42.3 Å². The smallest absolute Gasteiger partial charge is 0.0351 e. The number of hydrogen-bond acceptors (Lipinski definition) is 3. The summed E-state index contributed by atoms with van der Waals surface area (Å²) in [5.74, 6) is 0. The standard InChI is InChI=1S/C23H25NS2/c1-18-5-7-19(8-6-18)23-4-2-3-12-24(23)13-9-22(20-10-14-25-16-20)21-11-15-26-17-21/h5-11,14-17,23H,2-4,12-13H2,1H3. The van der Waals surface area contributed by atoms with Crippen molar-refractivity contribution in [2.24, 2.45) is 0 Å². The van der Waals surface area contributed by atoms with Gasteiger partial charge in [-0.25, -0.2) is 0 Å². The number of nitrogens with zero attached hydrogens (tertiary/aromatic N) is 1. The maximum atomic E-state index is 2.66. The molecule has 3 heterocycles. The molecule has 3 heteroatoms. The van der Waals surface area contributed by atoms with Crippen molar-refractivity contribution in [2.75, 3.05) is 13.1 Å². The number of hydrogen-bond donors (Lipinski definition) is 0. The molecule has 0 spiro atoms. The molecule has 1 aromatic carbocycles. The Morgan fingerprint density at radius 3 is 2.31 bits per heavy atom. The Morgan fingerprint density at radius 1 is 1.00 bits per heavy atom. The lowest BCUT2D eigenvalue weighted by Crippen LogP contribution is -2.33. The van der Waals surface area contributed by atoms with E-state index in [0.29, 0.717) is 6.04 Å². The first-order valence-corrected chi connectivity index (χ1v) is 11.3. The van der Waals surface area contributed by atoms with Crippen LogP contribution in [0.5, 0.6) is 0 Å². The molecule has 26 heavy (non-hydrogen) atoms. The van der Waals surface area contributed by atoms with Crippen LogP contribution in [0, 0.1) is 6.92 Å². The minimum absolute atomic E-state index is 0.548. The topological polar surface area (TPSA) is 3.24 Å². The van der Waals surface area contributed by atoms with Crippen molar-refractivity contribution in [3.8, 4) is 0 Å². The van der Waals surface area contributed by atoms with Gasteiger partial charge in [0, 0.05) is 12.6 Å². The lowest BCUT2D eigenvalue weighted by Gasteiger charge is -2.35. The van der Waals surface area contributed by atoms with E-state index in [-0.39, 0.29) is 0 Å². The van der Waals surface area contributed by atoms with E-state index in [1.807, 2.05) is 0 Å². The van der Waals surface area contributed by atoms with Gasteiger partial charge in [0.15, 0.2) is 0 Å². The second-order valence-corrected chi connectivity index (χ2v) is 8.62. The lowest BCUT2D eigenvalue weighted by atomic mass is 9.94. The molecule has 4 rings (SSSR count). The Balaban J connectivity index is 1.58. The molecule has 1 fully saturated rings. The summed E-state index contributed by atoms with van der Waals surface area (Å²) in [6.45, 7) is 4.37. The van der Waals surface area contributed by atoms with Crippen LogP contribution < -0.4 is 0 Å². The van der Waals surface area contributed by atoms with Crippen LogP contribution >= 0.6 is 22.7 Å². The summed E-state index contributed by atoms with van der Waals surface area (Å²) in [4.78, 5) is 2.66. The first-order chi connectivity index (χ1) is 12.8. The maximum absolute atomic E-state index is 2.66. The van der Waals surface area contributed by atoms with Crippen LogP contribution in [-0.2, 0) is 0 Å². The van der Waals surface area contributed by atoms with Crippen LogP contribution in [0.15, 0.2) is 64.0 Å². The highest BCUT2D eigenvalue weighted by Crippen LogP contribution is 2.32. The Kier molecular flexibility index (Phi) is 5.68. The molecule has 1 aliphatic heterocycles. The van der Waals surface area contributed by atoms with Crippen LogP contribution in [0.3, 0.4) is 0 Å². The van der Waals surface area contributed by atoms with Crippen LogP contribution in [0.2, 0.25) is 0 Å². The molecule has 0 radical (unpaired) electrons. The van der Waals surface area contributed by atoms with E-state index in [1.165, 1.54) is 53.6 Å². The first-order valence-electron chi connectivity index (χ1n) is 9.37. The molecule has 0 bridgehead atoms. The Bertz CT molecular complexity index is 793. The minimum atomic E-state index is 0.548. The predicted octanol–water partition coefficient (Wildman–Crippen LogP) is 6.78. The van der Waals surface area contributed by atoms with Gasteiger partial charge in [-0.2, -0.15) is 22.7 Å². The van der Waals surface area contributed by atoms with Gasteiger partial charge in [-0.3, -0.25) is 4.90 Å². The molecule has 0 aliphatic carbocycles. The zero-order chi connectivity index (χ0) is 17.8. The van der Waals surface area contributed by atoms with Crippen molar-refractivity contribution in [3.63, 3.8) is 0 Å². The average Bonchev–Trinajstić information content (AvgIpc) is 3.38. The van der Waals surface area contributed by atoms with Gasteiger partial charge in [0.05, 0.1) is 0 Å². The first kappa shape index (κ1) is 17.7. The zero-order valence-corrected chi connectivity index (χ0v) is 16.9. The van der Waals surface area contributed by atoms with Crippen molar-refractivity contribution in [3.05, 3.63) is 86.2 Å². The molecule has 1 atom stereocenters. The predicted molar refractivity (Wildman–Crippen MR) is 115 cm³/mol. The van der Waals surface area contributed by atoms with Crippen molar-refractivity contribution < 1.29 is 0 Å². The van der Waals surface area contributed by atoms with Crippen molar-refractivity contribution in [2.45, 2.75) is 32.2 Å². The quantitative estimate of drug-likeness (QED) is 0.472. The summed E-state index contributed by atoms with van der Waals surface area (Å²) in [6.07, 6.45) is 6.35. The van der Waals surface area contributed by atoms with E-state index in [4.69, 9.17) is 0 Å². The molecule has 2 aromatic heterocycles. The third kappa shape index (κ3) is 4.01. The lowest BCUT2D eigenvalue weighted by molar-refractivity contribution is 0.166. The van der Waals surface area contributed by atoms with Crippen molar-refractivity contribution >= 4 is 28.2 Å². The molecule has 1 saturated heterocycles. The SMILES string of the molecule is Cc1ccc(C2CCCCN2CC=C(c2ccsc2)c2ccsc2)cc1. The molecule has 134 valence electrons. The number of piperidine rings is 1. The summed E-state index contributed by atoms with van der Waals surface area (Å²) in [5, 5.41) is 8.87. The van der Waals surface area contributed by atoms with Crippen LogP contribution in [0.1, 0.15) is 47.6 Å². The highest BCUT2D eigenvalue weighted by Gasteiger charge is 2.23. The third-order valence-electron chi connectivity index (χ3n) is 5.27. The second kappa shape index (κ2) is 8.34. The molecule has 1 nitrogen and oxygen atoms in total. The summed E-state index contributed by atoms with van der Waals surface area (Å²) >= 11 is 3.55. The summed E-state index contributed by atoms with van der Waals surface area (Å²) < 4.78 is 0. The molecule has 1 aliphatic rings. The number of likely N-dealkylation sites (tertiary alicyclic amines) is 1. The fourth-order valence-corrected chi connectivity index (χ4v) is 5.13. The van der Waals surface area contributed by atoms with Gasteiger partial charge in [0.2, 0.25) is 0 Å². The zero-order valence-electron chi connectivity index (χ0n) is 15.2. The Hall–Kier alpha value is -1.68. The number of thiophene rings is 2. The number of aryl methyl sites for hydroxylation is 1. The van der Waals surface area contributed by atoms with Crippen LogP contribution in [0.25, 0.3) is 5.57 Å². The van der Waals surface area contributed by atoms with E-state index in [9.17, 15) is 0 Å². The maximum Gasteiger partial charge on any atom is 0.0351 e. The van der Waals surface area contributed by atoms with E-state index in [0.717, 1.165) is 6.54 Å². The van der Waals surface area contributed by atoms with Crippen molar-refractivity contribution in [1.29, 1.82) is 0 Å². The third-order valence-corrected chi connectivity index (χ3v) is 6.64. The fourth-order valence-electron chi connectivity index (χ4n) is 3.82. The molecular weight excluding hydrogens is 354 g/mol. The highest BCUT2D eigenvalue weighted by molar-refractivity contribution is 7.08. The second-order valence-electron chi connectivity index (χ2n) is 7.06. The monoisotopic (exact) mass is 379 g/mol. The Labute approximate surface area is 164 Å². The average molecular weight is 380 g/mol. The summed E-state index contributed by atoms with van der Waals surface area (Å²) in [6, 6.07) is 14.2. The summed E-state index contributed by atoms with van der Waals surface area (Å²) in [5.41, 5.74) is 6.87. The minimum Gasteiger partial charge on any atom is -0.293 e. The van der Waals surface area contributed by atoms with Crippen LogP contribution in [-0.4, -0.2) is 18.0 Å². The molecule has 0 saturated carbocycles. The number of rotatable bonds is 5. The van der Waals surface area contributed by atoms with E-state index in [2.05, 4.69) is 75.8 Å². The van der Waals surface area contributed by atoms with E-state index in [1.54, 1.807) is 22.7 Å². The highest BCUT2D eigenvalue weighted by atomic mass is 32.1. The normalized spacial score (nSPS) is 18.0. The molecule has 3 aromatic rings. The largest absolute Gasteiger partial charge is 0.293 e. The van der Waals surface area contributed by atoms with Gasteiger partial charge in [-0.05, 0) is 82.2 Å². The number of benzene rings is 1. The fraction of sp³-hybridized carbons (Fsp3) is 0.304. The van der Waals surface area contributed by atoms with E-state index < -0.39 is 0 Å². The van der Waals surface area contributed by atoms with Crippen molar-refractivity contribution in [1.82, 2.24) is 4.90 Å². The van der Waals surface area contributed by atoms with E-state index >= 15 is 0 Å². The van der Waals surface area contributed by atoms with Gasteiger partial charge in [0.1, 0.15) is 0 Å². The van der Waals surface area contributed by atoms with Gasteiger partial charge in [-0.15, -0.1) is 0 Å². The summed E-state index contributed by atoms with van der Waals surface area (Å²) in [7, 11) is 0. The molecule has 1 unspecified atom stereocenters. The van der Waals surface area contributed by atoms with Gasteiger partial charge >= 0.3 is 0 Å². The van der Waals surface area contributed by atoms with Gasteiger partial charge in [0.25, 0.3) is 0 Å². The van der Waals surface area contributed by atoms with Gasteiger partial charge < -0.3 is 0 Å². The van der Waals surface area contributed by atoms with Crippen LogP contribution in [0.4, 0.5) is 0 Å².